The minimum atomic E-state index is 0.113. The molecule has 110 valence electrons. The third-order valence-corrected chi connectivity index (χ3v) is 4.64. The first-order valence-corrected chi connectivity index (χ1v) is 7.33. The summed E-state index contributed by atoms with van der Waals surface area (Å²) in [6.07, 6.45) is 3.08. The molecule has 3 unspecified atom stereocenters. The van der Waals surface area contributed by atoms with E-state index in [2.05, 4.69) is 13.8 Å². The number of para-hydroxylation sites is 1. The summed E-state index contributed by atoms with van der Waals surface area (Å²) < 4.78 is 10.7. The van der Waals surface area contributed by atoms with Crippen LogP contribution in [0.3, 0.4) is 0 Å². The lowest BCUT2D eigenvalue weighted by Crippen LogP contribution is -2.26. The van der Waals surface area contributed by atoms with Gasteiger partial charge in [0, 0.05) is 5.92 Å². The van der Waals surface area contributed by atoms with Crippen LogP contribution in [0.4, 0.5) is 0 Å². The number of ether oxygens (including phenoxy) is 2. The van der Waals surface area contributed by atoms with Crippen LogP contribution in [0.25, 0.3) is 0 Å². The topological polar surface area (TPSA) is 35.5 Å². The van der Waals surface area contributed by atoms with Crippen molar-refractivity contribution in [3.05, 3.63) is 23.8 Å². The normalized spacial score (nSPS) is 26.1. The summed E-state index contributed by atoms with van der Waals surface area (Å²) in [7, 11) is 3.18. The number of hydrogen-bond donors (Lipinski definition) is 0. The number of methoxy groups -OCH3 is 2. The highest BCUT2D eigenvalue weighted by Crippen LogP contribution is 2.38. The molecule has 1 aliphatic rings. The molecule has 1 aliphatic carbocycles. The van der Waals surface area contributed by atoms with E-state index in [0.717, 1.165) is 19.3 Å². The molecule has 3 heteroatoms. The quantitative estimate of drug-likeness (QED) is 0.781. The first-order valence-electron chi connectivity index (χ1n) is 7.33. The van der Waals surface area contributed by atoms with E-state index in [4.69, 9.17) is 9.47 Å². The summed E-state index contributed by atoms with van der Waals surface area (Å²) in [5, 5.41) is 0. The average molecular weight is 276 g/mol. The maximum atomic E-state index is 12.8. The second-order valence-corrected chi connectivity index (χ2v) is 5.87. The second kappa shape index (κ2) is 6.29. The maximum Gasteiger partial charge on any atom is 0.171 e. The molecule has 0 amide bonds. The molecule has 3 atom stereocenters. The fourth-order valence-electron chi connectivity index (χ4n) is 3.09. The van der Waals surface area contributed by atoms with Crippen LogP contribution in [0.15, 0.2) is 18.2 Å². The monoisotopic (exact) mass is 276 g/mol. The van der Waals surface area contributed by atoms with Gasteiger partial charge in [0.25, 0.3) is 0 Å². The van der Waals surface area contributed by atoms with Crippen LogP contribution >= 0.6 is 0 Å². The van der Waals surface area contributed by atoms with Gasteiger partial charge in [-0.1, -0.05) is 19.9 Å². The molecule has 1 saturated carbocycles. The van der Waals surface area contributed by atoms with E-state index in [0.29, 0.717) is 28.9 Å². The minimum Gasteiger partial charge on any atom is -0.493 e. The summed E-state index contributed by atoms with van der Waals surface area (Å²) >= 11 is 0. The van der Waals surface area contributed by atoms with Gasteiger partial charge in [0.15, 0.2) is 17.3 Å². The van der Waals surface area contributed by atoms with E-state index >= 15 is 0 Å². The standard InChI is InChI=1S/C17H24O3/c1-11-8-9-13(10-12(11)2)16(18)14-6-5-7-15(19-3)17(14)20-4/h5-7,11-13H,8-10H2,1-4H3. The number of rotatable bonds is 4. The SMILES string of the molecule is COc1cccc(C(=O)C2CCC(C)C(C)C2)c1OC. The highest BCUT2D eigenvalue weighted by molar-refractivity contribution is 6.01. The molecule has 0 N–H and O–H groups in total. The van der Waals surface area contributed by atoms with Gasteiger partial charge in [-0.2, -0.15) is 0 Å². The van der Waals surface area contributed by atoms with E-state index in [1.165, 1.54) is 0 Å². The van der Waals surface area contributed by atoms with Crippen LogP contribution in [0.2, 0.25) is 0 Å². The second-order valence-electron chi connectivity index (χ2n) is 5.87. The maximum absolute atomic E-state index is 12.8. The van der Waals surface area contributed by atoms with Crippen molar-refractivity contribution in [1.29, 1.82) is 0 Å². The van der Waals surface area contributed by atoms with E-state index in [1.807, 2.05) is 18.2 Å². The third-order valence-electron chi connectivity index (χ3n) is 4.64. The number of Topliss-reactive ketones (excluding diaryl/α,β-unsaturated/α-hetero) is 1. The summed E-state index contributed by atoms with van der Waals surface area (Å²) in [6.45, 7) is 4.52. The predicted molar refractivity (Wildman–Crippen MR) is 79.5 cm³/mol. The van der Waals surface area contributed by atoms with Crippen LogP contribution in [0, 0.1) is 17.8 Å². The van der Waals surface area contributed by atoms with Crippen LogP contribution in [0.1, 0.15) is 43.5 Å². The Morgan fingerprint density at radius 3 is 2.45 bits per heavy atom. The Morgan fingerprint density at radius 2 is 1.85 bits per heavy atom. The molecule has 0 radical (unpaired) electrons. The first-order chi connectivity index (χ1) is 9.58. The van der Waals surface area contributed by atoms with E-state index in [9.17, 15) is 4.79 Å². The molecule has 0 saturated heterocycles. The van der Waals surface area contributed by atoms with Crippen molar-refractivity contribution in [1.82, 2.24) is 0 Å². The molecule has 0 aliphatic heterocycles. The summed E-state index contributed by atoms with van der Waals surface area (Å²) in [5.74, 6) is 2.81. The molecular formula is C17H24O3. The van der Waals surface area contributed by atoms with Gasteiger partial charge >= 0.3 is 0 Å². The van der Waals surface area contributed by atoms with Gasteiger partial charge in [0.1, 0.15) is 0 Å². The van der Waals surface area contributed by atoms with Gasteiger partial charge < -0.3 is 9.47 Å². The van der Waals surface area contributed by atoms with Crippen molar-refractivity contribution < 1.29 is 14.3 Å². The third kappa shape index (κ3) is 2.82. The van der Waals surface area contributed by atoms with Gasteiger partial charge in [-0.05, 0) is 43.2 Å². The van der Waals surface area contributed by atoms with Gasteiger partial charge in [0.2, 0.25) is 0 Å². The van der Waals surface area contributed by atoms with Crippen molar-refractivity contribution in [2.45, 2.75) is 33.1 Å². The molecular weight excluding hydrogens is 252 g/mol. The molecule has 0 heterocycles. The summed E-state index contributed by atoms with van der Waals surface area (Å²) in [5.41, 5.74) is 0.651. The van der Waals surface area contributed by atoms with Crippen LogP contribution < -0.4 is 9.47 Å². The fourth-order valence-corrected chi connectivity index (χ4v) is 3.09. The zero-order chi connectivity index (χ0) is 14.7. The van der Waals surface area contributed by atoms with E-state index in [1.54, 1.807) is 14.2 Å². The molecule has 0 aromatic heterocycles. The lowest BCUT2D eigenvalue weighted by atomic mass is 9.73. The van der Waals surface area contributed by atoms with Gasteiger partial charge in [-0.25, -0.2) is 0 Å². The predicted octanol–water partition coefficient (Wildman–Crippen LogP) is 3.96. The van der Waals surface area contributed by atoms with Crippen LogP contribution in [0.5, 0.6) is 11.5 Å². The number of carbonyl (C=O) groups is 1. The average Bonchev–Trinajstić information content (AvgIpc) is 2.48. The largest absolute Gasteiger partial charge is 0.493 e. The highest BCUT2D eigenvalue weighted by atomic mass is 16.5. The van der Waals surface area contributed by atoms with E-state index < -0.39 is 0 Å². The Hall–Kier alpha value is -1.51. The number of benzene rings is 1. The fraction of sp³-hybridized carbons (Fsp3) is 0.588. The van der Waals surface area contributed by atoms with Crippen molar-refractivity contribution in [3.63, 3.8) is 0 Å². The smallest absolute Gasteiger partial charge is 0.171 e. The molecule has 3 nitrogen and oxygen atoms in total. The Kier molecular flexibility index (Phi) is 4.69. The Bertz CT molecular complexity index is 481. The highest BCUT2D eigenvalue weighted by Gasteiger charge is 2.31. The molecule has 1 aromatic rings. The summed E-state index contributed by atoms with van der Waals surface area (Å²) in [6, 6.07) is 5.51. The lowest BCUT2D eigenvalue weighted by Gasteiger charge is -2.31. The Labute approximate surface area is 121 Å². The van der Waals surface area contributed by atoms with Crippen molar-refractivity contribution in [3.8, 4) is 11.5 Å². The summed E-state index contributed by atoms with van der Waals surface area (Å²) in [4.78, 5) is 12.8. The zero-order valence-corrected chi connectivity index (χ0v) is 12.8. The first kappa shape index (κ1) is 14.9. The molecule has 1 aromatic carbocycles. The zero-order valence-electron chi connectivity index (χ0n) is 12.8. The van der Waals surface area contributed by atoms with Crippen molar-refractivity contribution in [2.24, 2.45) is 17.8 Å². The molecule has 20 heavy (non-hydrogen) atoms. The Balaban J connectivity index is 2.25. The van der Waals surface area contributed by atoms with Crippen LogP contribution in [-0.4, -0.2) is 20.0 Å². The number of hydrogen-bond acceptors (Lipinski definition) is 3. The minimum absolute atomic E-state index is 0.113. The van der Waals surface area contributed by atoms with Crippen molar-refractivity contribution >= 4 is 5.78 Å². The van der Waals surface area contributed by atoms with Crippen LogP contribution in [-0.2, 0) is 0 Å². The Morgan fingerprint density at radius 1 is 1.10 bits per heavy atom. The number of carbonyl (C=O) groups excluding carboxylic acids is 1. The molecule has 1 fully saturated rings. The molecule has 2 rings (SSSR count). The van der Waals surface area contributed by atoms with E-state index in [-0.39, 0.29) is 11.7 Å². The van der Waals surface area contributed by atoms with Gasteiger partial charge in [-0.15, -0.1) is 0 Å². The van der Waals surface area contributed by atoms with Crippen molar-refractivity contribution in [2.75, 3.05) is 14.2 Å². The lowest BCUT2D eigenvalue weighted by molar-refractivity contribution is 0.0834. The number of ketones is 1. The van der Waals surface area contributed by atoms with Gasteiger partial charge in [0.05, 0.1) is 19.8 Å². The van der Waals surface area contributed by atoms with Gasteiger partial charge in [-0.3, -0.25) is 4.79 Å². The molecule has 0 spiro atoms. The molecule has 0 bridgehead atoms.